The highest BCUT2D eigenvalue weighted by Gasteiger charge is 2.14. The number of halogens is 2. The molecule has 3 nitrogen and oxygen atoms in total. The largest absolute Gasteiger partial charge is 0.356 e. The number of nitrogens with one attached hydrogen (secondary N) is 2. The zero-order valence-electron chi connectivity index (χ0n) is 13.0. The Morgan fingerprint density at radius 3 is 2.60 bits per heavy atom. The van der Waals surface area contributed by atoms with E-state index in [4.69, 9.17) is 0 Å². The van der Waals surface area contributed by atoms with Crippen LogP contribution in [0.5, 0.6) is 0 Å². The minimum absolute atomic E-state index is 0. The molecule has 0 aliphatic heterocycles. The Balaban J connectivity index is 0.00000361. The summed E-state index contributed by atoms with van der Waals surface area (Å²) in [6, 6.07) is 0.429. The Labute approximate surface area is 140 Å². The first-order valence-electron chi connectivity index (χ1n) is 7.79. The lowest BCUT2D eigenvalue weighted by Crippen LogP contribution is -2.42. The molecule has 0 spiro atoms. The van der Waals surface area contributed by atoms with Crippen LogP contribution in [0.4, 0.5) is 4.39 Å². The molecule has 0 aromatic heterocycles. The lowest BCUT2D eigenvalue weighted by Gasteiger charge is -2.24. The van der Waals surface area contributed by atoms with Crippen LogP contribution in [-0.4, -0.2) is 32.3 Å². The Kier molecular flexibility index (Phi) is 12.6. The maximum atomic E-state index is 12.0. The van der Waals surface area contributed by atoms with Crippen molar-refractivity contribution in [2.24, 2.45) is 10.9 Å². The number of alkyl halides is 1. The fourth-order valence-electron chi connectivity index (χ4n) is 2.74. The van der Waals surface area contributed by atoms with Crippen LogP contribution in [0.25, 0.3) is 0 Å². The molecule has 120 valence electrons. The molecule has 0 heterocycles. The van der Waals surface area contributed by atoms with Crippen molar-refractivity contribution in [2.45, 2.75) is 64.3 Å². The van der Waals surface area contributed by atoms with E-state index in [1.807, 2.05) is 0 Å². The van der Waals surface area contributed by atoms with Crippen LogP contribution >= 0.6 is 24.0 Å². The third kappa shape index (κ3) is 8.97. The Hall–Kier alpha value is -0.0700. The standard InChI is InChI=1S/C15H30FN3.HI/c1-13(9-10-14-7-4-3-5-8-14)19-15(17-2)18-12-6-11-16;/h13-14H,3-12H2,1-2H3,(H2,17,18,19);1H. The van der Waals surface area contributed by atoms with Crippen molar-refractivity contribution in [3.8, 4) is 0 Å². The molecule has 0 aromatic carbocycles. The second kappa shape index (κ2) is 12.7. The van der Waals surface area contributed by atoms with Gasteiger partial charge in [0.2, 0.25) is 0 Å². The predicted molar refractivity (Wildman–Crippen MR) is 95.8 cm³/mol. The van der Waals surface area contributed by atoms with Gasteiger partial charge in [-0.05, 0) is 32.1 Å². The van der Waals surface area contributed by atoms with Gasteiger partial charge in [0, 0.05) is 19.6 Å². The number of rotatable bonds is 7. The number of guanidine groups is 1. The molecule has 1 rings (SSSR count). The van der Waals surface area contributed by atoms with Crippen molar-refractivity contribution < 1.29 is 4.39 Å². The molecule has 1 unspecified atom stereocenters. The molecule has 1 fully saturated rings. The molecule has 1 aliphatic carbocycles. The average Bonchev–Trinajstić information content (AvgIpc) is 2.45. The van der Waals surface area contributed by atoms with Gasteiger partial charge < -0.3 is 10.6 Å². The monoisotopic (exact) mass is 399 g/mol. The van der Waals surface area contributed by atoms with E-state index in [1.54, 1.807) is 7.05 Å². The summed E-state index contributed by atoms with van der Waals surface area (Å²) >= 11 is 0. The zero-order chi connectivity index (χ0) is 13.9. The maximum absolute atomic E-state index is 12.0. The molecule has 20 heavy (non-hydrogen) atoms. The summed E-state index contributed by atoms with van der Waals surface area (Å²) in [6.07, 6.45) is 10.1. The molecule has 0 radical (unpaired) electrons. The lowest BCUT2D eigenvalue weighted by molar-refractivity contribution is 0.322. The number of nitrogens with zero attached hydrogens (tertiary/aromatic N) is 1. The molecule has 0 aromatic rings. The summed E-state index contributed by atoms with van der Waals surface area (Å²) in [5.41, 5.74) is 0. The highest BCUT2D eigenvalue weighted by molar-refractivity contribution is 14.0. The van der Waals surface area contributed by atoms with Gasteiger partial charge in [-0.2, -0.15) is 0 Å². The Morgan fingerprint density at radius 2 is 2.00 bits per heavy atom. The van der Waals surface area contributed by atoms with Gasteiger partial charge in [-0.3, -0.25) is 9.38 Å². The van der Waals surface area contributed by atoms with Crippen LogP contribution < -0.4 is 10.6 Å². The quantitative estimate of drug-likeness (QED) is 0.295. The van der Waals surface area contributed by atoms with Gasteiger partial charge in [0.25, 0.3) is 0 Å². The second-order valence-electron chi connectivity index (χ2n) is 5.67. The molecule has 1 atom stereocenters. The van der Waals surface area contributed by atoms with Gasteiger partial charge in [0.15, 0.2) is 5.96 Å². The van der Waals surface area contributed by atoms with E-state index in [1.165, 1.54) is 44.9 Å². The van der Waals surface area contributed by atoms with Crippen molar-refractivity contribution in [1.82, 2.24) is 10.6 Å². The molecule has 5 heteroatoms. The summed E-state index contributed by atoms with van der Waals surface area (Å²) in [6.45, 7) is 2.57. The van der Waals surface area contributed by atoms with Crippen LogP contribution in [0.15, 0.2) is 4.99 Å². The molecule has 2 N–H and O–H groups in total. The third-order valence-corrected chi connectivity index (χ3v) is 3.94. The van der Waals surface area contributed by atoms with Crippen molar-refractivity contribution >= 4 is 29.9 Å². The summed E-state index contributed by atoms with van der Waals surface area (Å²) in [5, 5.41) is 6.52. The topological polar surface area (TPSA) is 36.4 Å². The molecule has 0 bridgehead atoms. The van der Waals surface area contributed by atoms with Crippen LogP contribution in [0.1, 0.15) is 58.3 Å². The van der Waals surface area contributed by atoms with E-state index in [0.29, 0.717) is 19.0 Å². The fraction of sp³-hybridized carbons (Fsp3) is 0.933. The van der Waals surface area contributed by atoms with E-state index in [0.717, 1.165) is 11.9 Å². The van der Waals surface area contributed by atoms with E-state index in [2.05, 4.69) is 22.5 Å². The summed E-state index contributed by atoms with van der Waals surface area (Å²) < 4.78 is 12.0. The SMILES string of the molecule is CN=C(NCCCF)NC(C)CCC1CCCCC1.I. The van der Waals surface area contributed by atoms with Crippen LogP contribution in [0.2, 0.25) is 0 Å². The van der Waals surface area contributed by atoms with Gasteiger partial charge >= 0.3 is 0 Å². The maximum Gasteiger partial charge on any atom is 0.191 e. The number of hydrogen-bond acceptors (Lipinski definition) is 1. The smallest absolute Gasteiger partial charge is 0.191 e. The second-order valence-corrected chi connectivity index (χ2v) is 5.67. The van der Waals surface area contributed by atoms with Gasteiger partial charge in [-0.25, -0.2) is 0 Å². The summed E-state index contributed by atoms with van der Waals surface area (Å²) in [5.74, 6) is 1.73. The van der Waals surface area contributed by atoms with E-state index < -0.39 is 0 Å². The van der Waals surface area contributed by atoms with Crippen LogP contribution in [0, 0.1) is 5.92 Å². The first kappa shape index (κ1) is 19.9. The molecular formula is C15H31FIN3. The van der Waals surface area contributed by atoms with E-state index >= 15 is 0 Å². The van der Waals surface area contributed by atoms with Gasteiger partial charge in [0.1, 0.15) is 0 Å². The molecule has 1 aliphatic rings. The highest BCUT2D eigenvalue weighted by atomic mass is 127. The van der Waals surface area contributed by atoms with Crippen molar-refractivity contribution in [3.05, 3.63) is 0 Å². The van der Waals surface area contributed by atoms with Gasteiger partial charge in [-0.1, -0.05) is 32.1 Å². The molecule has 0 amide bonds. The van der Waals surface area contributed by atoms with Gasteiger partial charge in [-0.15, -0.1) is 24.0 Å². The normalized spacial score (nSPS) is 18.2. The van der Waals surface area contributed by atoms with E-state index in [-0.39, 0.29) is 30.7 Å². The molecular weight excluding hydrogens is 368 g/mol. The average molecular weight is 399 g/mol. The molecule has 1 saturated carbocycles. The summed E-state index contributed by atoms with van der Waals surface area (Å²) in [7, 11) is 1.76. The van der Waals surface area contributed by atoms with Crippen molar-refractivity contribution in [1.29, 1.82) is 0 Å². The molecule has 0 saturated heterocycles. The summed E-state index contributed by atoms with van der Waals surface area (Å²) in [4.78, 5) is 4.17. The number of hydrogen-bond donors (Lipinski definition) is 2. The fourth-order valence-corrected chi connectivity index (χ4v) is 2.74. The highest BCUT2D eigenvalue weighted by Crippen LogP contribution is 2.27. The van der Waals surface area contributed by atoms with Crippen molar-refractivity contribution in [2.75, 3.05) is 20.3 Å². The Morgan fingerprint density at radius 1 is 1.30 bits per heavy atom. The van der Waals surface area contributed by atoms with Crippen LogP contribution in [-0.2, 0) is 0 Å². The minimum Gasteiger partial charge on any atom is -0.356 e. The van der Waals surface area contributed by atoms with E-state index in [9.17, 15) is 4.39 Å². The third-order valence-electron chi connectivity index (χ3n) is 3.94. The lowest BCUT2D eigenvalue weighted by atomic mass is 9.85. The Bertz CT molecular complexity index is 256. The van der Waals surface area contributed by atoms with Crippen LogP contribution in [0.3, 0.4) is 0 Å². The predicted octanol–water partition coefficient (Wildman–Crippen LogP) is 3.88. The zero-order valence-corrected chi connectivity index (χ0v) is 15.3. The minimum atomic E-state index is -0.277. The van der Waals surface area contributed by atoms with Gasteiger partial charge in [0.05, 0.1) is 6.67 Å². The van der Waals surface area contributed by atoms with Crippen molar-refractivity contribution in [3.63, 3.8) is 0 Å². The first-order valence-corrected chi connectivity index (χ1v) is 7.79. The first-order chi connectivity index (χ1) is 9.26. The number of aliphatic imine (C=N–C) groups is 1.